The normalized spacial score (nSPS) is 14.0. The fraction of sp³-hybridized carbons (Fsp3) is 0.588. The van der Waals surface area contributed by atoms with Gasteiger partial charge >= 0.3 is 0 Å². The molecular weight excluding hydrogens is 262 g/mol. The van der Waals surface area contributed by atoms with E-state index in [2.05, 4.69) is 53.6 Å². The Hall–Kier alpha value is -1.39. The van der Waals surface area contributed by atoms with Gasteiger partial charge in [-0.3, -0.25) is 9.69 Å². The molecule has 1 amide bonds. The molecule has 0 aliphatic heterocycles. The zero-order valence-corrected chi connectivity index (χ0v) is 13.7. The van der Waals surface area contributed by atoms with Crippen LogP contribution in [0.2, 0.25) is 0 Å². The molecule has 2 atom stereocenters. The Bertz CT molecular complexity index is 404. The van der Waals surface area contributed by atoms with Crippen molar-refractivity contribution in [2.45, 2.75) is 39.8 Å². The fourth-order valence-corrected chi connectivity index (χ4v) is 2.51. The summed E-state index contributed by atoms with van der Waals surface area (Å²) in [7, 11) is 0. The molecule has 0 saturated heterocycles. The van der Waals surface area contributed by atoms with E-state index in [1.54, 1.807) is 0 Å². The van der Waals surface area contributed by atoms with Gasteiger partial charge in [-0.25, -0.2) is 0 Å². The molecule has 0 fully saturated rings. The Labute approximate surface area is 128 Å². The van der Waals surface area contributed by atoms with Crippen LogP contribution in [0, 0.1) is 0 Å². The summed E-state index contributed by atoms with van der Waals surface area (Å²) in [4.78, 5) is 14.2. The van der Waals surface area contributed by atoms with Crippen molar-refractivity contribution in [2.75, 3.05) is 26.2 Å². The predicted octanol–water partition coefficient (Wildman–Crippen LogP) is 2.18. The van der Waals surface area contributed by atoms with E-state index in [1.807, 2.05) is 19.9 Å². The topological polar surface area (TPSA) is 44.4 Å². The molecule has 4 nitrogen and oxygen atoms in total. The molecular formula is C17H29N3O. The number of likely N-dealkylation sites (N-methyl/N-ethyl adjacent to an activating group) is 2. The number of nitrogens with one attached hydrogen (secondary N) is 2. The highest BCUT2D eigenvalue weighted by molar-refractivity contribution is 5.81. The Morgan fingerprint density at radius 3 is 2.29 bits per heavy atom. The first kappa shape index (κ1) is 17.7. The number of amides is 1. The first-order valence-corrected chi connectivity index (χ1v) is 7.94. The van der Waals surface area contributed by atoms with Gasteiger partial charge in [-0.05, 0) is 32.5 Å². The quantitative estimate of drug-likeness (QED) is 0.733. The molecule has 0 bridgehead atoms. The standard InChI is InChI=1S/C17H29N3O/c1-5-18-17(21)14(4)19-13-16(20(6-2)7-3)15-11-9-8-10-12-15/h8-12,14,16,19H,5-7,13H2,1-4H3,(H,18,21). The molecule has 1 aromatic rings. The maximum absolute atomic E-state index is 11.8. The molecule has 1 aromatic carbocycles. The second-order valence-electron chi connectivity index (χ2n) is 5.17. The molecule has 1 rings (SSSR count). The lowest BCUT2D eigenvalue weighted by Crippen LogP contribution is -2.45. The van der Waals surface area contributed by atoms with Crippen LogP contribution in [0.1, 0.15) is 39.3 Å². The maximum atomic E-state index is 11.8. The van der Waals surface area contributed by atoms with Crippen molar-refractivity contribution < 1.29 is 4.79 Å². The molecule has 0 aliphatic rings. The Kier molecular flexibility index (Phi) is 8.01. The second kappa shape index (κ2) is 9.53. The number of benzene rings is 1. The third-order valence-electron chi connectivity index (χ3n) is 3.80. The zero-order valence-electron chi connectivity index (χ0n) is 13.7. The highest BCUT2D eigenvalue weighted by Crippen LogP contribution is 2.19. The van der Waals surface area contributed by atoms with Gasteiger partial charge in [0.2, 0.25) is 5.91 Å². The van der Waals surface area contributed by atoms with Gasteiger partial charge < -0.3 is 10.6 Å². The third kappa shape index (κ3) is 5.48. The molecule has 2 unspecified atom stereocenters. The van der Waals surface area contributed by atoms with Crippen LogP contribution in [-0.4, -0.2) is 43.0 Å². The summed E-state index contributed by atoms with van der Waals surface area (Å²) in [5.74, 6) is 0.0591. The van der Waals surface area contributed by atoms with Gasteiger partial charge in [0.25, 0.3) is 0 Å². The van der Waals surface area contributed by atoms with Crippen molar-refractivity contribution in [2.24, 2.45) is 0 Å². The number of nitrogens with zero attached hydrogens (tertiary/aromatic N) is 1. The van der Waals surface area contributed by atoms with E-state index in [0.29, 0.717) is 6.54 Å². The average Bonchev–Trinajstić information content (AvgIpc) is 2.52. The van der Waals surface area contributed by atoms with Crippen LogP contribution in [0.3, 0.4) is 0 Å². The molecule has 2 N–H and O–H groups in total. The number of rotatable bonds is 9. The van der Waals surface area contributed by atoms with Crippen molar-refractivity contribution in [3.8, 4) is 0 Å². The summed E-state index contributed by atoms with van der Waals surface area (Å²) >= 11 is 0. The molecule has 0 spiro atoms. The zero-order chi connectivity index (χ0) is 15.7. The van der Waals surface area contributed by atoms with Crippen molar-refractivity contribution >= 4 is 5.91 Å². The minimum Gasteiger partial charge on any atom is -0.355 e. The summed E-state index contributed by atoms with van der Waals surface area (Å²) in [5.41, 5.74) is 1.29. The van der Waals surface area contributed by atoms with E-state index in [4.69, 9.17) is 0 Å². The van der Waals surface area contributed by atoms with E-state index in [9.17, 15) is 4.79 Å². The van der Waals surface area contributed by atoms with Crippen LogP contribution in [0.15, 0.2) is 30.3 Å². The number of hydrogen-bond donors (Lipinski definition) is 2. The predicted molar refractivity (Wildman–Crippen MR) is 88.3 cm³/mol. The number of carbonyl (C=O) groups excluding carboxylic acids is 1. The molecule has 0 saturated carbocycles. The SMILES string of the molecule is CCNC(=O)C(C)NCC(c1ccccc1)N(CC)CC. The second-order valence-corrected chi connectivity index (χ2v) is 5.17. The minimum absolute atomic E-state index is 0.0591. The Morgan fingerprint density at radius 2 is 1.76 bits per heavy atom. The molecule has 0 aliphatic carbocycles. The Morgan fingerprint density at radius 1 is 1.14 bits per heavy atom. The fourth-order valence-electron chi connectivity index (χ4n) is 2.51. The van der Waals surface area contributed by atoms with Crippen LogP contribution in [0.25, 0.3) is 0 Å². The van der Waals surface area contributed by atoms with Crippen LogP contribution < -0.4 is 10.6 Å². The lowest BCUT2D eigenvalue weighted by atomic mass is 10.0. The van der Waals surface area contributed by atoms with Crippen molar-refractivity contribution in [1.29, 1.82) is 0 Å². The summed E-state index contributed by atoms with van der Waals surface area (Å²) in [6.07, 6.45) is 0. The van der Waals surface area contributed by atoms with Gasteiger partial charge in [-0.15, -0.1) is 0 Å². The smallest absolute Gasteiger partial charge is 0.236 e. The van der Waals surface area contributed by atoms with Crippen LogP contribution in [-0.2, 0) is 4.79 Å². The van der Waals surface area contributed by atoms with Gasteiger partial charge in [0.15, 0.2) is 0 Å². The van der Waals surface area contributed by atoms with Gasteiger partial charge in [-0.1, -0.05) is 44.2 Å². The van der Waals surface area contributed by atoms with Crippen LogP contribution >= 0.6 is 0 Å². The summed E-state index contributed by atoms with van der Waals surface area (Å²) in [6, 6.07) is 10.6. The van der Waals surface area contributed by atoms with E-state index < -0.39 is 0 Å². The molecule has 21 heavy (non-hydrogen) atoms. The molecule has 0 radical (unpaired) electrons. The average molecular weight is 291 g/mol. The van der Waals surface area contributed by atoms with Gasteiger partial charge in [0, 0.05) is 19.1 Å². The number of hydrogen-bond acceptors (Lipinski definition) is 3. The van der Waals surface area contributed by atoms with E-state index >= 15 is 0 Å². The van der Waals surface area contributed by atoms with Crippen molar-refractivity contribution in [1.82, 2.24) is 15.5 Å². The molecule has 118 valence electrons. The minimum atomic E-state index is -0.174. The first-order chi connectivity index (χ1) is 10.1. The molecule has 0 aromatic heterocycles. The highest BCUT2D eigenvalue weighted by atomic mass is 16.2. The number of carbonyl (C=O) groups is 1. The van der Waals surface area contributed by atoms with E-state index in [0.717, 1.165) is 19.6 Å². The van der Waals surface area contributed by atoms with Crippen LogP contribution in [0.5, 0.6) is 0 Å². The van der Waals surface area contributed by atoms with Gasteiger partial charge in [0.05, 0.1) is 6.04 Å². The van der Waals surface area contributed by atoms with E-state index in [-0.39, 0.29) is 18.0 Å². The monoisotopic (exact) mass is 291 g/mol. The molecule has 4 heteroatoms. The van der Waals surface area contributed by atoms with E-state index in [1.165, 1.54) is 5.56 Å². The van der Waals surface area contributed by atoms with Gasteiger partial charge in [-0.2, -0.15) is 0 Å². The largest absolute Gasteiger partial charge is 0.355 e. The Balaban J connectivity index is 2.72. The van der Waals surface area contributed by atoms with Crippen LogP contribution in [0.4, 0.5) is 0 Å². The van der Waals surface area contributed by atoms with Gasteiger partial charge in [0.1, 0.15) is 0 Å². The third-order valence-corrected chi connectivity index (χ3v) is 3.80. The summed E-state index contributed by atoms with van der Waals surface area (Å²) in [5, 5.41) is 6.21. The lowest BCUT2D eigenvalue weighted by Gasteiger charge is -2.31. The van der Waals surface area contributed by atoms with Crippen molar-refractivity contribution in [3.05, 3.63) is 35.9 Å². The summed E-state index contributed by atoms with van der Waals surface area (Å²) < 4.78 is 0. The molecule has 0 heterocycles. The summed E-state index contributed by atoms with van der Waals surface area (Å²) in [6.45, 7) is 11.6. The lowest BCUT2D eigenvalue weighted by molar-refractivity contribution is -0.122. The maximum Gasteiger partial charge on any atom is 0.236 e. The first-order valence-electron chi connectivity index (χ1n) is 7.94. The van der Waals surface area contributed by atoms with Crippen molar-refractivity contribution in [3.63, 3.8) is 0 Å². The highest BCUT2D eigenvalue weighted by Gasteiger charge is 2.20.